The van der Waals surface area contributed by atoms with Gasteiger partial charge in [0.15, 0.2) is 0 Å². The maximum Gasteiger partial charge on any atom is 0.349 e. The summed E-state index contributed by atoms with van der Waals surface area (Å²) in [6.07, 6.45) is 1.65. The Morgan fingerprint density at radius 2 is 2.23 bits per heavy atom. The summed E-state index contributed by atoms with van der Waals surface area (Å²) < 4.78 is 38.7. The second-order valence-corrected chi connectivity index (χ2v) is 9.87. The van der Waals surface area contributed by atoms with E-state index in [4.69, 9.17) is 9.47 Å². The number of esters is 1. The van der Waals surface area contributed by atoms with Crippen molar-refractivity contribution in [3.05, 3.63) is 38.2 Å². The fraction of sp³-hybridized carbons (Fsp3) is 0.471. The highest BCUT2D eigenvalue weighted by Gasteiger charge is 2.35. The second kappa shape index (κ2) is 8.18. The first-order chi connectivity index (χ1) is 12.4. The van der Waals surface area contributed by atoms with Gasteiger partial charge in [-0.2, -0.15) is 4.31 Å². The zero-order valence-corrected chi connectivity index (χ0v) is 17.1. The number of ether oxygens (including phenoxy) is 2. The Bertz CT molecular complexity index is 851. The van der Waals surface area contributed by atoms with Crippen LogP contribution in [0, 0.1) is 6.92 Å². The summed E-state index contributed by atoms with van der Waals surface area (Å²) in [5, 5.41) is 3.59. The van der Waals surface area contributed by atoms with E-state index < -0.39 is 16.0 Å². The first-order valence-electron chi connectivity index (χ1n) is 8.24. The number of methoxy groups -OCH3 is 1. The quantitative estimate of drug-likeness (QED) is 0.649. The minimum Gasteiger partial charge on any atom is -0.465 e. The van der Waals surface area contributed by atoms with E-state index >= 15 is 0 Å². The van der Waals surface area contributed by atoms with Crippen molar-refractivity contribution in [2.75, 3.05) is 20.3 Å². The predicted molar refractivity (Wildman–Crippen MR) is 101 cm³/mol. The third-order valence-electron chi connectivity index (χ3n) is 4.23. The molecule has 0 N–H and O–H groups in total. The topological polar surface area (TPSA) is 72.9 Å². The van der Waals surface area contributed by atoms with Crippen LogP contribution in [0.2, 0.25) is 0 Å². The van der Waals surface area contributed by atoms with Crippen LogP contribution in [0.4, 0.5) is 0 Å². The summed E-state index contributed by atoms with van der Waals surface area (Å²) in [5.41, 5.74) is 0.555. The molecule has 0 amide bonds. The lowest BCUT2D eigenvalue weighted by Gasteiger charge is -2.25. The van der Waals surface area contributed by atoms with Crippen molar-refractivity contribution >= 4 is 38.7 Å². The van der Waals surface area contributed by atoms with Crippen molar-refractivity contribution in [2.45, 2.75) is 37.3 Å². The Hall–Kier alpha value is -1.26. The van der Waals surface area contributed by atoms with Crippen molar-refractivity contribution in [1.29, 1.82) is 0 Å². The van der Waals surface area contributed by atoms with Gasteiger partial charge in [0, 0.05) is 24.6 Å². The molecular weight excluding hydrogens is 394 g/mol. The number of sulfonamides is 1. The molecule has 0 bridgehead atoms. The molecule has 3 heterocycles. The molecule has 1 atom stereocenters. The maximum absolute atomic E-state index is 13.4. The van der Waals surface area contributed by atoms with E-state index in [1.165, 1.54) is 22.8 Å². The standard InChI is InChI=1S/C17H21NO5S3/c1-12-11-25-15(17(19)22-2)16(12)26(20,21)18(9-13-5-3-7-23-13)10-14-6-4-8-24-14/h4,6,8,11,13H,3,5,7,9-10H2,1-2H3. The fourth-order valence-electron chi connectivity index (χ4n) is 2.96. The van der Waals surface area contributed by atoms with E-state index in [9.17, 15) is 13.2 Å². The van der Waals surface area contributed by atoms with Gasteiger partial charge in [0.1, 0.15) is 9.77 Å². The lowest BCUT2D eigenvalue weighted by Crippen LogP contribution is -2.37. The summed E-state index contributed by atoms with van der Waals surface area (Å²) in [4.78, 5) is 13.2. The number of hydrogen-bond acceptors (Lipinski definition) is 7. The molecule has 0 aliphatic carbocycles. The Labute approximate surface area is 161 Å². The number of nitrogens with zero attached hydrogens (tertiary/aromatic N) is 1. The van der Waals surface area contributed by atoms with Gasteiger partial charge in [-0.1, -0.05) is 6.07 Å². The first kappa shape index (κ1) is 19.5. The Morgan fingerprint density at radius 3 is 2.85 bits per heavy atom. The molecule has 2 aromatic rings. The molecule has 6 nitrogen and oxygen atoms in total. The van der Waals surface area contributed by atoms with Gasteiger partial charge in [0.05, 0.1) is 13.2 Å². The van der Waals surface area contributed by atoms with E-state index in [0.717, 1.165) is 29.1 Å². The lowest BCUT2D eigenvalue weighted by atomic mass is 10.2. The van der Waals surface area contributed by atoms with Crippen LogP contribution in [0.5, 0.6) is 0 Å². The van der Waals surface area contributed by atoms with Gasteiger partial charge in [-0.05, 0) is 42.2 Å². The average Bonchev–Trinajstić information content (AvgIpc) is 3.35. The van der Waals surface area contributed by atoms with Gasteiger partial charge >= 0.3 is 5.97 Å². The van der Waals surface area contributed by atoms with Crippen molar-refractivity contribution in [3.63, 3.8) is 0 Å². The Morgan fingerprint density at radius 1 is 1.42 bits per heavy atom. The average molecular weight is 416 g/mol. The molecule has 0 radical (unpaired) electrons. The highest BCUT2D eigenvalue weighted by Crippen LogP contribution is 2.32. The number of aryl methyl sites for hydroxylation is 1. The summed E-state index contributed by atoms with van der Waals surface area (Å²) in [5.74, 6) is -0.630. The van der Waals surface area contributed by atoms with Crippen LogP contribution in [-0.2, 0) is 26.0 Å². The number of carbonyl (C=O) groups is 1. The minimum absolute atomic E-state index is 0.0453. The van der Waals surface area contributed by atoms with Gasteiger partial charge in [-0.3, -0.25) is 0 Å². The largest absolute Gasteiger partial charge is 0.465 e. The normalized spacial score (nSPS) is 17.7. The van der Waals surface area contributed by atoms with E-state index in [2.05, 4.69) is 0 Å². The molecule has 1 aliphatic heterocycles. The summed E-state index contributed by atoms with van der Waals surface area (Å²) in [7, 11) is -2.61. The maximum atomic E-state index is 13.4. The third kappa shape index (κ3) is 4.01. The molecule has 2 aromatic heterocycles. The number of carbonyl (C=O) groups excluding carboxylic acids is 1. The van der Waals surface area contributed by atoms with E-state index in [0.29, 0.717) is 12.2 Å². The Balaban J connectivity index is 1.98. The first-order valence-corrected chi connectivity index (χ1v) is 11.4. The van der Waals surface area contributed by atoms with Gasteiger partial charge in [-0.15, -0.1) is 22.7 Å². The van der Waals surface area contributed by atoms with Gasteiger partial charge < -0.3 is 9.47 Å². The molecule has 1 fully saturated rings. The summed E-state index contributed by atoms with van der Waals surface area (Å²) >= 11 is 2.60. The molecule has 0 aromatic carbocycles. The van der Waals surface area contributed by atoms with Crippen LogP contribution in [-0.4, -0.2) is 45.1 Å². The van der Waals surface area contributed by atoms with E-state index in [1.807, 2.05) is 17.5 Å². The number of rotatable bonds is 7. The minimum atomic E-state index is -3.87. The zero-order valence-electron chi connectivity index (χ0n) is 14.6. The van der Waals surface area contributed by atoms with Crippen molar-refractivity contribution in [3.8, 4) is 0 Å². The summed E-state index contributed by atoms with van der Waals surface area (Å²) in [6, 6.07) is 3.80. The van der Waals surface area contributed by atoms with E-state index in [-0.39, 0.29) is 29.0 Å². The van der Waals surface area contributed by atoms with Crippen LogP contribution in [0.1, 0.15) is 33.0 Å². The van der Waals surface area contributed by atoms with Crippen LogP contribution in [0.25, 0.3) is 0 Å². The van der Waals surface area contributed by atoms with Crippen LogP contribution >= 0.6 is 22.7 Å². The van der Waals surface area contributed by atoms with Gasteiger partial charge in [0.2, 0.25) is 10.0 Å². The van der Waals surface area contributed by atoms with Crippen LogP contribution in [0.3, 0.4) is 0 Å². The van der Waals surface area contributed by atoms with Gasteiger partial charge in [-0.25, -0.2) is 13.2 Å². The molecule has 142 valence electrons. The van der Waals surface area contributed by atoms with Crippen molar-refractivity contribution in [1.82, 2.24) is 4.31 Å². The monoisotopic (exact) mass is 415 g/mol. The Kier molecular flexibility index (Phi) is 6.13. The third-order valence-corrected chi connectivity index (χ3v) is 8.30. The predicted octanol–water partition coefficient (Wildman–Crippen LogP) is 3.27. The number of hydrogen-bond donors (Lipinski definition) is 0. The fourth-order valence-corrected chi connectivity index (χ4v) is 6.87. The zero-order chi connectivity index (χ0) is 18.7. The molecular formula is C17H21NO5S3. The molecule has 26 heavy (non-hydrogen) atoms. The lowest BCUT2D eigenvalue weighted by molar-refractivity contribution is 0.0602. The van der Waals surface area contributed by atoms with Crippen LogP contribution < -0.4 is 0 Å². The van der Waals surface area contributed by atoms with Gasteiger partial charge in [0.25, 0.3) is 0 Å². The molecule has 0 saturated carbocycles. The SMILES string of the molecule is COC(=O)c1scc(C)c1S(=O)(=O)N(Cc1cccs1)CC1CCCO1. The molecule has 0 spiro atoms. The highest BCUT2D eigenvalue weighted by molar-refractivity contribution is 7.89. The molecule has 9 heteroatoms. The number of thiophene rings is 2. The molecule has 1 aliphatic rings. The van der Waals surface area contributed by atoms with Crippen molar-refractivity contribution < 1.29 is 22.7 Å². The smallest absolute Gasteiger partial charge is 0.349 e. The molecule has 1 saturated heterocycles. The second-order valence-electron chi connectivity index (χ2n) is 6.08. The van der Waals surface area contributed by atoms with E-state index in [1.54, 1.807) is 12.3 Å². The van der Waals surface area contributed by atoms with Crippen molar-refractivity contribution in [2.24, 2.45) is 0 Å². The van der Waals surface area contributed by atoms with Crippen LogP contribution in [0.15, 0.2) is 27.8 Å². The summed E-state index contributed by atoms with van der Waals surface area (Å²) in [6.45, 7) is 2.89. The molecule has 3 rings (SSSR count). The highest BCUT2D eigenvalue weighted by atomic mass is 32.2. The molecule has 1 unspecified atom stereocenters.